The molecule has 2 heterocycles. The molecule has 0 aromatic carbocycles. The molecule has 0 spiro atoms. The average Bonchev–Trinajstić information content (AvgIpc) is 2.91. The highest BCUT2D eigenvalue weighted by Gasteiger charge is 2.20. The molecule has 7 heteroatoms. The largest absolute Gasteiger partial charge is 0.457 e. The Kier molecular flexibility index (Phi) is 7.70. The molecule has 0 radical (unpaired) electrons. The molecular formula is C19H28N2O3S2. The minimum atomic E-state index is -0.402. The van der Waals surface area contributed by atoms with Crippen LogP contribution >= 0.6 is 24.0 Å². The number of carbonyl (C=O) groups is 2. The second-order valence-electron chi connectivity index (χ2n) is 6.84. The number of thioether (sulfide) groups is 1. The van der Waals surface area contributed by atoms with Gasteiger partial charge in [-0.3, -0.25) is 9.59 Å². The number of aryl methyl sites for hydroxylation is 1. The lowest BCUT2D eigenvalue weighted by molar-refractivity contribution is -0.139. The highest BCUT2D eigenvalue weighted by atomic mass is 32.2. The van der Waals surface area contributed by atoms with Gasteiger partial charge in [0, 0.05) is 36.6 Å². The topological polar surface area (TPSA) is 51.5 Å². The van der Waals surface area contributed by atoms with Crippen molar-refractivity contribution in [1.82, 2.24) is 9.47 Å². The maximum Gasteiger partial charge on any atom is 0.316 e. The smallest absolute Gasteiger partial charge is 0.316 e. The third-order valence-corrected chi connectivity index (χ3v) is 6.41. The zero-order valence-corrected chi connectivity index (χ0v) is 17.7. The fourth-order valence-electron chi connectivity index (χ4n) is 3.24. The van der Waals surface area contributed by atoms with Crippen LogP contribution in [0.15, 0.2) is 6.07 Å². The molecule has 1 aromatic rings. The molecule has 1 fully saturated rings. The minimum absolute atomic E-state index is 0.145. The number of likely N-dealkylation sites (tertiary alicyclic amines) is 1. The summed E-state index contributed by atoms with van der Waals surface area (Å²) >= 11 is 6.72. The standard InChI is InChI=1S/C19H28N2O3S2/c1-5-21-14(3)10-16(15(21)4)17(22)11-24-18(23)12-26-19(25)20-8-6-13(2)7-9-20/h10,13H,5-9,11-12H2,1-4H3. The Bertz CT molecular complexity index is 677. The number of esters is 1. The molecule has 0 atom stereocenters. The Balaban J connectivity index is 1.76. The maximum atomic E-state index is 12.3. The number of hydrogen-bond donors (Lipinski definition) is 0. The van der Waals surface area contributed by atoms with E-state index in [0.717, 1.165) is 54.1 Å². The molecule has 1 aliphatic heterocycles. The highest BCUT2D eigenvalue weighted by molar-refractivity contribution is 8.23. The first-order valence-corrected chi connectivity index (χ1v) is 10.5. The maximum absolute atomic E-state index is 12.3. The van der Waals surface area contributed by atoms with Gasteiger partial charge >= 0.3 is 5.97 Å². The van der Waals surface area contributed by atoms with Crippen molar-refractivity contribution < 1.29 is 14.3 Å². The predicted octanol–water partition coefficient (Wildman–Crippen LogP) is 3.60. The van der Waals surface area contributed by atoms with Gasteiger partial charge in [0.2, 0.25) is 5.78 Å². The molecular weight excluding hydrogens is 368 g/mol. The molecule has 0 amide bonds. The van der Waals surface area contributed by atoms with Crippen LogP contribution < -0.4 is 0 Å². The zero-order valence-electron chi connectivity index (χ0n) is 16.0. The molecule has 0 saturated carbocycles. The van der Waals surface area contributed by atoms with Crippen LogP contribution in [0.3, 0.4) is 0 Å². The van der Waals surface area contributed by atoms with Gasteiger partial charge in [-0.05, 0) is 45.6 Å². The Morgan fingerprint density at radius 1 is 1.31 bits per heavy atom. The summed E-state index contributed by atoms with van der Waals surface area (Å²) in [5.41, 5.74) is 2.58. The molecule has 26 heavy (non-hydrogen) atoms. The second-order valence-corrected chi connectivity index (χ2v) is 8.45. The Morgan fingerprint density at radius 3 is 2.54 bits per heavy atom. The average molecular weight is 397 g/mol. The van der Waals surface area contributed by atoms with Crippen molar-refractivity contribution in [1.29, 1.82) is 0 Å². The van der Waals surface area contributed by atoms with Crippen molar-refractivity contribution in [3.63, 3.8) is 0 Å². The summed E-state index contributed by atoms with van der Waals surface area (Å²) in [5, 5.41) is 0. The summed E-state index contributed by atoms with van der Waals surface area (Å²) in [5.74, 6) is 0.320. The number of piperidine rings is 1. The Labute approximate surface area is 165 Å². The second kappa shape index (κ2) is 9.55. The fraction of sp³-hybridized carbons (Fsp3) is 0.632. The number of thiocarbonyl (C=S) groups is 1. The van der Waals surface area contributed by atoms with Crippen LogP contribution in [0.25, 0.3) is 0 Å². The van der Waals surface area contributed by atoms with Crippen LogP contribution in [0.5, 0.6) is 0 Å². The Morgan fingerprint density at radius 2 is 1.96 bits per heavy atom. The number of aromatic nitrogens is 1. The van der Waals surface area contributed by atoms with Gasteiger partial charge in [-0.2, -0.15) is 0 Å². The molecule has 5 nitrogen and oxygen atoms in total. The van der Waals surface area contributed by atoms with Gasteiger partial charge in [0.05, 0.1) is 5.75 Å². The van der Waals surface area contributed by atoms with E-state index in [1.807, 2.05) is 26.8 Å². The molecule has 2 rings (SSSR count). The third kappa shape index (κ3) is 5.33. The molecule has 0 aliphatic carbocycles. The zero-order chi connectivity index (χ0) is 19.3. The summed E-state index contributed by atoms with van der Waals surface area (Å²) in [4.78, 5) is 26.4. The number of rotatable bonds is 6. The number of nitrogens with zero attached hydrogens (tertiary/aromatic N) is 2. The normalized spacial score (nSPS) is 15.2. The number of ketones is 1. The first-order chi connectivity index (χ1) is 12.3. The van der Waals surface area contributed by atoms with Gasteiger partial charge in [0.15, 0.2) is 6.61 Å². The lowest BCUT2D eigenvalue weighted by Gasteiger charge is -2.31. The van der Waals surface area contributed by atoms with E-state index in [9.17, 15) is 9.59 Å². The molecule has 1 aromatic heterocycles. The van der Waals surface area contributed by atoms with Crippen LogP contribution in [0.2, 0.25) is 0 Å². The van der Waals surface area contributed by atoms with E-state index in [4.69, 9.17) is 17.0 Å². The first kappa shape index (κ1) is 21.0. The van der Waals surface area contributed by atoms with Crippen molar-refractivity contribution in [2.45, 2.75) is 47.1 Å². The molecule has 1 aliphatic rings. The van der Waals surface area contributed by atoms with Crippen molar-refractivity contribution in [2.24, 2.45) is 5.92 Å². The quantitative estimate of drug-likeness (QED) is 0.416. The molecule has 1 saturated heterocycles. The van der Waals surface area contributed by atoms with Crippen LogP contribution in [0.1, 0.15) is 48.4 Å². The van der Waals surface area contributed by atoms with Crippen LogP contribution in [0, 0.1) is 19.8 Å². The molecule has 0 bridgehead atoms. The summed E-state index contributed by atoms with van der Waals surface area (Å²) in [6.07, 6.45) is 2.27. The van der Waals surface area contributed by atoms with Crippen LogP contribution in [-0.4, -0.2) is 51.0 Å². The van der Waals surface area contributed by atoms with Crippen molar-refractivity contribution in [2.75, 3.05) is 25.4 Å². The fourth-order valence-corrected chi connectivity index (χ4v) is 4.29. The summed E-state index contributed by atoms with van der Waals surface area (Å²) in [6.45, 7) is 10.7. The monoisotopic (exact) mass is 396 g/mol. The highest BCUT2D eigenvalue weighted by Crippen LogP contribution is 2.20. The number of carbonyl (C=O) groups excluding carboxylic acids is 2. The van der Waals surface area contributed by atoms with E-state index in [1.54, 1.807) is 0 Å². The minimum Gasteiger partial charge on any atom is -0.457 e. The van der Waals surface area contributed by atoms with E-state index in [2.05, 4.69) is 16.4 Å². The number of hydrogen-bond acceptors (Lipinski definition) is 5. The summed E-state index contributed by atoms with van der Waals surface area (Å²) in [7, 11) is 0. The van der Waals surface area contributed by atoms with Crippen molar-refractivity contribution in [3.8, 4) is 0 Å². The van der Waals surface area contributed by atoms with E-state index < -0.39 is 5.97 Å². The van der Waals surface area contributed by atoms with Crippen LogP contribution in [0.4, 0.5) is 0 Å². The van der Waals surface area contributed by atoms with Gasteiger partial charge in [0.25, 0.3) is 0 Å². The van der Waals surface area contributed by atoms with Gasteiger partial charge in [-0.25, -0.2) is 0 Å². The van der Waals surface area contributed by atoms with Crippen molar-refractivity contribution >= 4 is 40.1 Å². The van der Waals surface area contributed by atoms with Gasteiger partial charge < -0.3 is 14.2 Å². The van der Waals surface area contributed by atoms with Crippen LogP contribution in [-0.2, 0) is 16.1 Å². The molecule has 0 unspecified atom stereocenters. The SMILES string of the molecule is CCn1c(C)cc(C(=O)COC(=O)CSC(=S)N2CCC(C)CC2)c1C. The van der Waals surface area contributed by atoms with Gasteiger partial charge in [-0.1, -0.05) is 30.9 Å². The predicted molar refractivity (Wildman–Crippen MR) is 110 cm³/mol. The van der Waals surface area contributed by atoms with E-state index in [1.165, 1.54) is 11.8 Å². The van der Waals surface area contributed by atoms with E-state index in [0.29, 0.717) is 5.56 Å². The van der Waals surface area contributed by atoms with E-state index >= 15 is 0 Å². The van der Waals surface area contributed by atoms with E-state index in [-0.39, 0.29) is 18.1 Å². The molecule has 144 valence electrons. The summed E-state index contributed by atoms with van der Waals surface area (Å²) < 4.78 is 7.97. The lowest BCUT2D eigenvalue weighted by atomic mass is 10.00. The number of ether oxygens (including phenoxy) is 1. The first-order valence-electron chi connectivity index (χ1n) is 9.10. The molecule has 0 N–H and O–H groups in total. The number of Topliss-reactive ketones (excluding diaryl/α,β-unsaturated/α-hetero) is 1. The van der Waals surface area contributed by atoms with Gasteiger partial charge in [-0.15, -0.1) is 0 Å². The lowest BCUT2D eigenvalue weighted by Crippen LogP contribution is -2.35. The summed E-state index contributed by atoms with van der Waals surface area (Å²) in [6, 6.07) is 1.86. The van der Waals surface area contributed by atoms with Crippen molar-refractivity contribution in [3.05, 3.63) is 23.0 Å². The Hall–Kier alpha value is -1.34. The third-order valence-electron chi connectivity index (χ3n) is 4.91. The van der Waals surface area contributed by atoms with Gasteiger partial charge in [0.1, 0.15) is 4.32 Å².